The molecule has 0 radical (unpaired) electrons. The topological polar surface area (TPSA) is 128 Å². The highest BCUT2D eigenvalue weighted by molar-refractivity contribution is 5.79. The van der Waals surface area contributed by atoms with Crippen molar-refractivity contribution in [1.82, 2.24) is 45.3 Å². The Balaban J connectivity index is 0.000000108. The summed E-state index contributed by atoms with van der Waals surface area (Å²) in [6.45, 7) is 8.06. The van der Waals surface area contributed by atoms with Crippen LogP contribution in [0.2, 0.25) is 0 Å². The SMILES string of the molecule is Cc1cc2cc[nH]c2cn1.Cc1cc2cn[nH]c2cn1.Cc1ccc2cn[nH]c2c1.Cc1cnc2cc[nH]c2c1. The number of benzene rings is 1. The van der Waals surface area contributed by atoms with E-state index in [1.54, 1.807) is 12.4 Å². The first-order chi connectivity index (χ1) is 19.4. The molecular formula is C31H31N9. The summed E-state index contributed by atoms with van der Waals surface area (Å²) in [5.41, 5.74) is 9.88. The molecule has 0 aliphatic rings. The Labute approximate surface area is 231 Å². The zero-order valence-corrected chi connectivity index (χ0v) is 22.9. The number of aryl methyl sites for hydroxylation is 4. The second-order valence-electron chi connectivity index (χ2n) is 9.56. The normalized spacial score (nSPS) is 10.5. The number of nitrogens with one attached hydrogen (secondary N) is 4. The van der Waals surface area contributed by atoms with Crippen molar-refractivity contribution in [3.63, 3.8) is 0 Å². The molecule has 0 unspecified atom stereocenters. The molecule has 0 bridgehead atoms. The monoisotopic (exact) mass is 529 g/mol. The summed E-state index contributed by atoms with van der Waals surface area (Å²) in [7, 11) is 0. The molecule has 0 spiro atoms. The third-order valence-electron chi connectivity index (χ3n) is 6.17. The number of nitrogens with zero attached hydrogens (tertiary/aromatic N) is 5. The molecule has 1 aromatic carbocycles. The Morgan fingerprint density at radius 2 is 1.12 bits per heavy atom. The van der Waals surface area contributed by atoms with Crippen LogP contribution in [-0.4, -0.2) is 45.3 Å². The fourth-order valence-corrected chi connectivity index (χ4v) is 4.10. The van der Waals surface area contributed by atoms with Crippen molar-refractivity contribution in [2.24, 2.45) is 0 Å². The van der Waals surface area contributed by atoms with Crippen LogP contribution in [0.3, 0.4) is 0 Å². The number of hydrogen-bond acceptors (Lipinski definition) is 5. The van der Waals surface area contributed by atoms with Crippen LogP contribution in [0.25, 0.3) is 43.7 Å². The lowest BCUT2D eigenvalue weighted by Gasteiger charge is -1.89. The first-order valence-corrected chi connectivity index (χ1v) is 12.9. The van der Waals surface area contributed by atoms with E-state index in [0.29, 0.717) is 0 Å². The van der Waals surface area contributed by atoms with E-state index in [0.717, 1.165) is 44.4 Å². The Kier molecular flexibility index (Phi) is 7.92. The Hall–Kier alpha value is -5.31. The van der Waals surface area contributed by atoms with Gasteiger partial charge < -0.3 is 9.97 Å². The molecule has 7 aromatic heterocycles. The fraction of sp³-hybridized carbons (Fsp3) is 0.129. The molecule has 200 valence electrons. The van der Waals surface area contributed by atoms with Crippen molar-refractivity contribution in [3.05, 3.63) is 114 Å². The third kappa shape index (κ3) is 6.57. The average Bonchev–Trinajstić information content (AvgIpc) is 3.75. The number of H-pyrrole nitrogens is 4. The summed E-state index contributed by atoms with van der Waals surface area (Å²) in [6.07, 6.45) is 13.0. The zero-order chi connectivity index (χ0) is 27.9. The number of pyridine rings is 3. The quantitative estimate of drug-likeness (QED) is 0.170. The molecule has 8 rings (SSSR count). The van der Waals surface area contributed by atoms with Crippen LogP contribution in [0.15, 0.2) is 91.9 Å². The van der Waals surface area contributed by atoms with Gasteiger partial charge in [-0.25, -0.2) is 0 Å². The van der Waals surface area contributed by atoms with Gasteiger partial charge in [-0.2, -0.15) is 10.2 Å². The minimum Gasteiger partial charge on any atom is -0.360 e. The van der Waals surface area contributed by atoms with Gasteiger partial charge in [0, 0.05) is 46.1 Å². The average molecular weight is 530 g/mol. The predicted molar refractivity (Wildman–Crippen MR) is 161 cm³/mol. The molecule has 9 nitrogen and oxygen atoms in total. The molecular weight excluding hydrogens is 498 g/mol. The standard InChI is InChI=1S/3C8H8N2.C7H7N3/c1-6-4-7-2-3-9-8(7)5-10-6;1-6-4-8-7(10-5-6)2-3-9-8;1-6-2-3-7-5-9-10-8(7)4-6;1-5-2-6-3-9-10-7(6)4-8-5/h2*2-5,9H,1H3;2-5H,1H3,(H,9,10);2-4H,1H3,(H,9,10). The van der Waals surface area contributed by atoms with E-state index in [1.807, 2.05) is 70.0 Å². The molecule has 8 aromatic rings. The van der Waals surface area contributed by atoms with Crippen LogP contribution < -0.4 is 0 Å². The highest BCUT2D eigenvalue weighted by Crippen LogP contribution is 2.12. The van der Waals surface area contributed by atoms with Gasteiger partial charge in [0.2, 0.25) is 0 Å². The summed E-state index contributed by atoms with van der Waals surface area (Å²) in [6, 6.07) is 16.4. The number of aromatic nitrogens is 9. The summed E-state index contributed by atoms with van der Waals surface area (Å²) in [4.78, 5) is 18.6. The van der Waals surface area contributed by atoms with Crippen molar-refractivity contribution in [3.8, 4) is 0 Å². The van der Waals surface area contributed by atoms with Gasteiger partial charge in [0.25, 0.3) is 0 Å². The lowest BCUT2D eigenvalue weighted by Crippen LogP contribution is -1.77. The zero-order valence-electron chi connectivity index (χ0n) is 22.9. The van der Waals surface area contributed by atoms with Gasteiger partial charge in [-0.15, -0.1) is 0 Å². The van der Waals surface area contributed by atoms with Crippen LogP contribution in [-0.2, 0) is 0 Å². The molecule has 0 aliphatic carbocycles. The van der Waals surface area contributed by atoms with E-state index in [4.69, 9.17) is 0 Å². The van der Waals surface area contributed by atoms with Crippen LogP contribution >= 0.6 is 0 Å². The van der Waals surface area contributed by atoms with Crippen LogP contribution in [0, 0.1) is 27.7 Å². The minimum atomic E-state index is 0.991. The van der Waals surface area contributed by atoms with E-state index < -0.39 is 0 Å². The van der Waals surface area contributed by atoms with E-state index >= 15 is 0 Å². The number of aromatic amines is 4. The van der Waals surface area contributed by atoms with Crippen molar-refractivity contribution in [1.29, 1.82) is 0 Å². The van der Waals surface area contributed by atoms with Gasteiger partial charge in [0.05, 0.1) is 52.4 Å². The van der Waals surface area contributed by atoms with Gasteiger partial charge >= 0.3 is 0 Å². The largest absolute Gasteiger partial charge is 0.360 e. The lowest BCUT2D eigenvalue weighted by molar-refractivity contribution is 1.11. The highest BCUT2D eigenvalue weighted by Gasteiger charge is 1.95. The first kappa shape index (κ1) is 26.3. The van der Waals surface area contributed by atoms with Crippen molar-refractivity contribution in [2.45, 2.75) is 27.7 Å². The van der Waals surface area contributed by atoms with Crippen molar-refractivity contribution in [2.75, 3.05) is 0 Å². The highest BCUT2D eigenvalue weighted by atomic mass is 15.1. The number of fused-ring (bicyclic) bond motifs is 4. The second-order valence-corrected chi connectivity index (χ2v) is 9.56. The number of rotatable bonds is 0. The molecule has 4 N–H and O–H groups in total. The van der Waals surface area contributed by atoms with Gasteiger partial charge in [0.15, 0.2) is 0 Å². The predicted octanol–water partition coefficient (Wildman–Crippen LogP) is 6.88. The summed E-state index contributed by atoms with van der Waals surface area (Å²) in [5, 5.41) is 17.1. The molecule has 7 heterocycles. The smallest absolute Gasteiger partial charge is 0.0878 e. The van der Waals surface area contributed by atoms with E-state index in [1.165, 1.54) is 21.9 Å². The third-order valence-corrected chi connectivity index (χ3v) is 6.17. The Bertz CT molecular complexity index is 1690. The maximum absolute atomic E-state index is 4.21. The van der Waals surface area contributed by atoms with Gasteiger partial charge in [0.1, 0.15) is 0 Å². The molecule has 0 amide bonds. The van der Waals surface area contributed by atoms with Crippen molar-refractivity contribution < 1.29 is 0 Å². The van der Waals surface area contributed by atoms with E-state index in [-0.39, 0.29) is 0 Å². The maximum atomic E-state index is 4.21. The van der Waals surface area contributed by atoms with Gasteiger partial charge in [-0.05, 0) is 75.2 Å². The lowest BCUT2D eigenvalue weighted by atomic mass is 10.2. The molecule has 9 heteroatoms. The molecule has 0 fully saturated rings. The number of hydrogen-bond donors (Lipinski definition) is 4. The molecule has 40 heavy (non-hydrogen) atoms. The summed E-state index contributed by atoms with van der Waals surface area (Å²) >= 11 is 0. The van der Waals surface area contributed by atoms with Crippen LogP contribution in [0.1, 0.15) is 22.5 Å². The van der Waals surface area contributed by atoms with Crippen molar-refractivity contribution >= 4 is 43.7 Å². The maximum Gasteiger partial charge on any atom is 0.0878 e. The molecule has 0 atom stereocenters. The van der Waals surface area contributed by atoms with Crippen LogP contribution in [0.4, 0.5) is 0 Å². The first-order valence-electron chi connectivity index (χ1n) is 12.9. The summed E-state index contributed by atoms with van der Waals surface area (Å²) < 4.78 is 0. The minimum absolute atomic E-state index is 0.991. The Morgan fingerprint density at radius 3 is 1.95 bits per heavy atom. The fourth-order valence-electron chi connectivity index (χ4n) is 4.10. The Morgan fingerprint density at radius 1 is 0.475 bits per heavy atom. The second kappa shape index (κ2) is 12.0. The summed E-state index contributed by atoms with van der Waals surface area (Å²) in [5.74, 6) is 0. The van der Waals surface area contributed by atoms with E-state index in [9.17, 15) is 0 Å². The van der Waals surface area contributed by atoms with E-state index in [2.05, 4.69) is 82.6 Å². The van der Waals surface area contributed by atoms with Gasteiger partial charge in [-0.1, -0.05) is 12.1 Å². The van der Waals surface area contributed by atoms with Gasteiger partial charge in [-0.3, -0.25) is 25.1 Å². The molecule has 0 saturated heterocycles. The molecule has 0 saturated carbocycles. The van der Waals surface area contributed by atoms with Crippen LogP contribution in [0.5, 0.6) is 0 Å². The molecule has 0 aliphatic heterocycles.